The summed E-state index contributed by atoms with van der Waals surface area (Å²) < 4.78 is 0.937. The fourth-order valence-electron chi connectivity index (χ4n) is 3.60. The Labute approximate surface area is 149 Å². The zero-order chi connectivity index (χ0) is 16.7. The molecule has 1 aliphatic heterocycles. The quantitative estimate of drug-likeness (QED) is 0.770. The third-order valence-electron chi connectivity index (χ3n) is 4.91. The Hall–Kier alpha value is -2.01. The monoisotopic (exact) mass is 386 g/mol. The number of aromatic hydroxyl groups is 1. The third kappa shape index (κ3) is 2.88. The third-order valence-corrected chi connectivity index (χ3v) is 5.57. The van der Waals surface area contributed by atoms with Crippen LogP contribution < -0.4 is 5.32 Å². The highest BCUT2D eigenvalue weighted by atomic mass is 79.9. The van der Waals surface area contributed by atoms with Crippen LogP contribution in [0, 0.1) is 0 Å². The number of nitrogens with zero attached hydrogens (tertiary/aromatic N) is 1. The Morgan fingerprint density at radius 3 is 2.67 bits per heavy atom. The van der Waals surface area contributed by atoms with E-state index in [-0.39, 0.29) is 11.8 Å². The standard InChI is InChI=1S/C19H19BrN2O2/c20-17-9-13-2-1-3-14(13)10-18(17)21-19(24)22-7-6-12-4-5-16(23)8-15(12)11-22/h4-5,8-10,23H,1-3,6-7,11H2,(H,21,24). The fraction of sp³-hybridized carbons (Fsp3) is 0.316. The van der Waals surface area contributed by atoms with E-state index < -0.39 is 0 Å². The molecule has 2 aliphatic rings. The van der Waals surface area contributed by atoms with Gasteiger partial charge in [0.25, 0.3) is 0 Å². The molecule has 124 valence electrons. The van der Waals surface area contributed by atoms with Gasteiger partial charge in [-0.05, 0) is 88.1 Å². The summed E-state index contributed by atoms with van der Waals surface area (Å²) in [7, 11) is 0. The van der Waals surface area contributed by atoms with Gasteiger partial charge in [-0.2, -0.15) is 0 Å². The van der Waals surface area contributed by atoms with E-state index in [1.165, 1.54) is 23.1 Å². The summed E-state index contributed by atoms with van der Waals surface area (Å²) in [4.78, 5) is 14.4. The topological polar surface area (TPSA) is 52.6 Å². The molecule has 0 radical (unpaired) electrons. The molecule has 2 amide bonds. The average molecular weight is 387 g/mol. The van der Waals surface area contributed by atoms with Crippen LogP contribution in [0.3, 0.4) is 0 Å². The van der Waals surface area contributed by atoms with Gasteiger partial charge in [0.05, 0.1) is 5.69 Å². The summed E-state index contributed by atoms with van der Waals surface area (Å²) in [5.41, 5.74) is 5.77. The van der Waals surface area contributed by atoms with Gasteiger partial charge in [0.1, 0.15) is 5.75 Å². The second kappa shape index (κ2) is 6.13. The van der Waals surface area contributed by atoms with Gasteiger partial charge in [0, 0.05) is 17.6 Å². The van der Waals surface area contributed by atoms with Crippen LogP contribution in [0.2, 0.25) is 0 Å². The Morgan fingerprint density at radius 1 is 1.04 bits per heavy atom. The van der Waals surface area contributed by atoms with Crippen molar-refractivity contribution in [1.82, 2.24) is 4.90 Å². The van der Waals surface area contributed by atoms with Gasteiger partial charge in [-0.15, -0.1) is 0 Å². The van der Waals surface area contributed by atoms with E-state index in [2.05, 4.69) is 33.4 Å². The molecule has 1 heterocycles. The summed E-state index contributed by atoms with van der Waals surface area (Å²) in [5, 5.41) is 12.7. The maximum atomic E-state index is 12.6. The second-order valence-corrected chi connectivity index (χ2v) is 7.36. The molecule has 0 saturated heterocycles. The molecule has 24 heavy (non-hydrogen) atoms. The first kappa shape index (κ1) is 15.5. The number of hydrogen-bond acceptors (Lipinski definition) is 2. The van der Waals surface area contributed by atoms with Gasteiger partial charge >= 0.3 is 6.03 Å². The molecule has 0 atom stereocenters. The van der Waals surface area contributed by atoms with Gasteiger partial charge in [0.15, 0.2) is 0 Å². The summed E-state index contributed by atoms with van der Waals surface area (Å²) in [6.07, 6.45) is 4.20. The van der Waals surface area contributed by atoms with E-state index in [0.717, 1.165) is 35.0 Å². The molecule has 0 saturated carbocycles. The lowest BCUT2D eigenvalue weighted by molar-refractivity contribution is 0.206. The molecular weight excluding hydrogens is 368 g/mol. The normalized spacial score (nSPS) is 15.8. The lowest BCUT2D eigenvalue weighted by Crippen LogP contribution is -2.38. The largest absolute Gasteiger partial charge is 0.508 e. The van der Waals surface area contributed by atoms with Gasteiger partial charge in [0.2, 0.25) is 0 Å². The van der Waals surface area contributed by atoms with Crippen molar-refractivity contribution < 1.29 is 9.90 Å². The molecule has 0 bridgehead atoms. The first-order valence-electron chi connectivity index (χ1n) is 8.28. The van der Waals surface area contributed by atoms with Crippen LogP contribution in [0.15, 0.2) is 34.8 Å². The van der Waals surface area contributed by atoms with E-state index >= 15 is 0 Å². The molecule has 0 unspecified atom stereocenters. The number of nitrogens with one attached hydrogen (secondary N) is 1. The highest BCUT2D eigenvalue weighted by Gasteiger charge is 2.22. The summed E-state index contributed by atoms with van der Waals surface area (Å²) in [6.45, 7) is 1.21. The van der Waals surface area contributed by atoms with Crippen LogP contribution in [0.4, 0.5) is 10.5 Å². The number of aryl methyl sites for hydroxylation is 2. The smallest absolute Gasteiger partial charge is 0.322 e. The zero-order valence-corrected chi connectivity index (χ0v) is 14.9. The van der Waals surface area contributed by atoms with Crippen LogP contribution in [0.25, 0.3) is 0 Å². The van der Waals surface area contributed by atoms with E-state index in [9.17, 15) is 9.90 Å². The number of benzene rings is 2. The van der Waals surface area contributed by atoms with Crippen molar-refractivity contribution in [3.8, 4) is 5.75 Å². The number of phenols is 1. The lowest BCUT2D eigenvalue weighted by Gasteiger charge is -2.29. The minimum absolute atomic E-state index is 0.0948. The zero-order valence-electron chi connectivity index (χ0n) is 13.3. The van der Waals surface area contributed by atoms with Crippen molar-refractivity contribution in [3.63, 3.8) is 0 Å². The summed E-state index contributed by atoms with van der Waals surface area (Å²) in [5.74, 6) is 0.248. The van der Waals surface area contributed by atoms with Gasteiger partial charge in [-0.3, -0.25) is 0 Å². The predicted molar refractivity (Wildman–Crippen MR) is 97.4 cm³/mol. The number of amides is 2. The van der Waals surface area contributed by atoms with Crippen molar-refractivity contribution in [2.24, 2.45) is 0 Å². The molecule has 4 rings (SSSR count). The van der Waals surface area contributed by atoms with Crippen LogP contribution >= 0.6 is 15.9 Å². The van der Waals surface area contributed by atoms with E-state index in [0.29, 0.717) is 13.1 Å². The van der Waals surface area contributed by atoms with Crippen molar-refractivity contribution >= 4 is 27.6 Å². The fourth-order valence-corrected chi connectivity index (χ4v) is 4.09. The number of halogens is 1. The van der Waals surface area contributed by atoms with Gasteiger partial charge in [-0.1, -0.05) is 6.07 Å². The molecule has 0 fully saturated rings. The molecule has 1 aliphatic carbocycles. The molecule has 0 spiro atoms. The first-order valence-corrected chi connectivity index (χ1v) is 9.07. The highest BCUT2D eigenvalue weighted by Crippen LogP contribution is 2.32. The van der Waals surface area contributed by atoms with Crippen molar-refractivity contribution in [3.05, 3.63) is 57.1 Å². The maximum absolute atomic E-state index is 12.6. The van der Waals surface area contributed by atoms with Crippen molar-refractivity contribution in [1.29, 1.82) is 0 Å². The molecule has 2 aromatic carbocycles. The van der Waals surface area contributed by atoms with Crippen LogP contribution in [-0.2, 0) is 25.8 Å². The van der Waals surface area contributed by atoms with Gasteiger partial charge < -0.3 is 15.3 Å². The molecule has 0 aromatic heterocycles. The van der Waals surface area contributed by atoms with Crippen molar-refractivity contribution in [2.75, 3.05) is 11.9 Å². The average Bonchev–Trinajstić information content (AvgIpc) is 3.01. The number of anilines is 1. The Bertz CT molecular complexity index is 819. The summed E-state index contributed by atoms with van der Waals surface area (Å²) in [6, 6.07) is 9.52. The number of fused-ring (bicyclic) bond motifs is 2. The SMILES string of the molecule is O=C(Nc1cc2c(cc1Br)CCC2)N1CCc2ccc(O)cc2C1. The highest BCUT2D eigenvalue weighted by molar-refractivity contribution is 9.10. The molecule has 2 aromatic rings. The van der Waals surface area contributed by atoms with Gasteiger partial charge in [-0.25, -0.2) is 4.79 Å². The van der Waals surface area contributed by atoms with Crippen molar-refractivity contribution in [2.45, 2.75) is 32.2 Å². The Balaban J connectivity index is 1.51. The van der Waals surface area contributed by atoms with Crippen LogP contribution in [0.5, 0.6) is 5.75 Å². The molecule has 5 heteroatoms. The lowest BCUT2D eigenvalue weighted by atomic mass is 10.00. The van der Waals surface area contributed by atoms with Crippen LogP contribution in [-0.4, -0.2) is 22.6 Å². The number of hydrogen-bond donors (Lipinski definition) is 2. The second-order valence-electron chi connectivity index (χ2n) is 6.51. The predicted octanol–water partition coefficient (Wildman–Crippen LogP) is 4.23. The Morgan fingerprint density at radius 2 is 1.83 bits per heavy atom. The number of phenolic OH excluding ortho intramolecular Hbond substituents is 1. The molecular formula is C19H19BrN2O2. The van der Waals surface area contributed by atoms with Crippen LogP contribution in [0.1, 0.15) is 28.7 Å². The number of rotatable bonds is 1. The first-order chi connectivity index (χ1) is 11.6. The summed E-state index contributed by atoms with van der Waals surface area (Å²) >= 11 is 3.57. The Kier molecular flexibility index (Phi) is 3.96. The maximum Gasteiger partial charge on any atom is 0.322 e. The van der Waals surface area contributed by atoms with E-state index in [1.54, 1.807) is 17.0 Å². The number of carbonyl (C=O) groups is 1. The molecule has 2 N–H and O–H groups in total. The van der Waals surface area contributed by atoms with E-state index in [1.807, 2.05) is 6.07 Å². The minimum Gasteiger partial charge on any atom is -0.508 e. The van der Waals surface area contributed by atoms with E-state index in [4.69, 9.17) is 0 Å². The molecule has 4 nitrogen and oxygen atoms in total. The minimum atomic E-state index is -0.0948. The number of carbonyl (C=O) groups excluding carboxylic acids is 1. The number of urea groups is 1.